The first kappa shape index (κ1) is 33.4. The van der Waals surface area contributed by atoms with Crippen LogP contribution in [0, 0.1) is 5.21 Å². The van der Waals surface area contributed by atoms with Crippen LogP contribution >= 0.6 is 0 Å². The number of aromatic nitrogens is 4. The highest BCUT2D eigenvalue weighted by Crippen LogP contribution is 2.42. The van der Waals surface area contributed by atoms with Gasteiger partial charge in [-0.3, -0.25) is 18.8 Å². The smallest absolute Gasteiger partial charge is 0.414 e. The van der Waals surface area contributed by atoms with Gasteiger partial charge in [0, 0.05) is 12.6 Å². The van der Waals surface area contributed by atoms with E-state index in [0.29, 0.717) is 4.57 Å². The normalized spacial score (nSPS) is 19.2. The Morgan fingerprint density at radius 1 is 1.16 bits per heavy atom. The van der Waals surface area contributed by atoms with E-state index in [4.69, 9.17) is 19.3 Å². The van der Waals surface area contributed by atoms with Gasteiger partial charge in [0.2, 0.25) is 12.1 Å². The van der Waals surface area contributed by atoms with Crippen LogP contribution in [0.1, 0.15) is 31.9 Å². The highest BCUT2D eigenvalue weighted by molar-refractivity contribution is 7.91. The van der Waals surface area contributed by atoms with Crippen LogP contribution < -0.4 is 20.6 Å². The first-order valence-electron chi connectivity index (χ1n) is 13.3. The third-order valence-electron chi connectivity index (χ3n) is 6.36. The van der Waals surface area contributed by atoms with Crippen molar-refractivity contribution in [2.24, 2.45) is 0 Å². The maximum Gasteiger partial charge on any atom is 0.414 e. The number of ether oxygens (including phenoxy) is 3. The number of hydrogen-bond acceptors (Lipinski definition) is 14. The average molecular weight is 660 g/mol. The van der Waals surface area contributed by atoms with Crippen molar-refractivity contribution >= 4 is 27.5 Å². The van der Waals surface area contributed by atoms with Gasteiger partial charge in [-0.05, 0) is 35.9 Å². The molecule has 244 valence electrons. The largest absolute Gasteiger partial charge is 0.466 e. The van der Waals surface area contributed by atoms with E-state index in [1.807, 2.05) is 0 Å². The van der Waals surface area contributed by atoms with Crippen molar-refractivity contribution in [1.82, 2.24) is 14.7 Å². The van der Waals surface area contributed by atoms with Gasteiger partial charge in [0.25, 0.3) is 9.84 Å². The van der Waals surface area contributed by atoms with E-state index in [9.17, 15) is 41.9 Å². The number of esters is 1. The number of nitrogens with zero attached hydrogens (tertiary/aromatic N) is 4. The zero-order valence-corrected chi connectivity index (χ0v) is 24.0. The Hall–Kier alpha value is -4.53. The molecule has 3 N–H and O–H groups in total. The quantitative estimate of drug-likeness (QED) is 0.115. The Bertz CT molecular complexity index is 1670. The van der Waals surface area contributed by atoms with Crippen LogP contribution in [-0.4, -0.2) is 83.2 Å². The summed E-state index contributed by atoms with van der Waals surface area (Å²) in [6, 6.07) is 8.17. The number of amides is 1. The number of anilines is 1. The van der Waals surface area contributed by atoms with Gasteiger partial charge in [0.05, 0.1) is 36.3 Å². The molecule has 1 aliphatic rings. The molecule has 4 rings (SSSR count). The fourth-order valence-electron chi connectivity index (χ4n) is 4.07. The standard InChI is InChI=1S/C25H27F2N5O12S/c26-25(27)20(36)16(14-33)43-23(25)31-11-10-17(29-24(31)37)28-18(34)8-9-19(35)41-12-4-5-13-42-21-22(32(38)44-30-21)45(39,40)15-6-2-1-3-7-15/h1-3,6-7,10-11,16,20,23,33,36H,4-5,8-9,12-14H2,(H,28,29,34,37)/t16-,20-,23-/m1/s1. The second-order valence-electron chi connectivity index (χ2n) is 9.51. The van der Waals surface area contributed by atoms with Crippen molar-refractivity contribution in [3.05, 3.63) is 58.3 Å². The highest BCUT2D eigenvalue weighted by atomic mass is 32.2. The molecule has 0 bridgehead atoms. The molecule has 0 radical (unpaired) electrons. The van der Waals surface area contributed by atoms with Crippen LogP contribution in [0.4, 0.5) is 14.6 Å². The van der Waals surface area contributed by atoms with Crippen LogP contribution in [0.25, 0.3) is 0 Å². The molecule has 1 fully saturated rings. The summed E-state index contributed by atoms with van der Waals surface area (Å²) in [7, 11) is -4.27. The lowest BCUT2D eigenvalue weighted by atomic mass is 10.1. The predicted octanol–water partition coefficient (Wildman–Crippen LogP) is -0.295. The maximum absolute atomic E-state index is 14.3. The number of sulfone groups is 1. The second kappa shape index (κ2) is 14.1. The Kier molecular flexibility index (Phi) is 10.4. The molecule has 3 aromatic rings. The van der Waals surface area contributed by atoms with Gasteiger partial charge in [0.15, 0.2) is 6.10 Å². The summed E-state index contributed by atoms with van der Waals surface area (Å²) >= 11 is 0. The summed E-state index contributed by atoms with van der Waals surface area (Å²) in [4.78, 5) is 39.5. The van der Waals surface area contributed by atoms with Crippen molar-refractivity contribution in [1.29, 1.82) is 0 Å². The van der Waals surface area contributed by atoms with E-state index in [1.54, 1.807) is 6.07 Å². The highest BCUT2D eigenvalue weighted by Gasteiger charge is 2.59. The van der Waals surface area contributed by atoms with Crippen molar-refractivity contribution in [2.75, 3.05) is 25.1 Å². The number of carbonyl (C=O) groups excluding carboxylic acids is 2. The van der Waals surface area contributed by atoms with E-state index in [-0.39, 0.29) is 54.5 Å². The zero-order valence-electron chi connectivity index (χ0n) is 23.2. The molecule has 0 aliphatic carbocycles. The van der Waals surface area contributed by atoms with Gasteiger partial charge in [-0.1, -0.05) is 18.2 Å². The summed E-state index contributed by atoms with van der Waals surface area (Å²) in [5.41, 5.74) is -1.23. The summed E-state index contributed by atoms with van der Waals surface area (Å²) in [5.74, 6) is -6.17. The molecular weight excluding hydrogens is 632 g/mol. The lowest BCUT2D eigenvalue weighted by Gasteiger charge is -2.21. The summed E-state index contributed by atoms with van der Waals surface area (Å²) in [6.07, 6.45) is -5.48. The van der Waals surface area contributed by atoms with Crippen LogP contribution in [0.5, 0.6) is 5.88 Å². The molecule has 1 aromatic carbocycles. The number of halogens is 2. The van der Waals surface area contributed by atoms with Gasteiger partial charge in [0.1, 0.15) is 11.9 Å². The summed E-state index contributed by atoms with van der Waals surface area (Å²) in [5, 5.41) is 35.4. The van der Waals surface area contributed by atoms with Crippen molar-refractivity contribution in [2.45, 2.75) is 60.0 Å². The van der Waals surface area contributed by atoms with Crippen LogP contribution in [0.2, 0.25) is 0 Å². The van der Waals surface area contributed by atoms with Gasteiger partial charge >= 0.3 is 28.5 Å². The fourth-order valence-corrected chi connectivity index (χ4v) is 5.37. The number of alkyl halides is 2. The first-order valence-corrected chi connectivity index (χ1v) is 14.7. The number of carbonyl (C=O) groups is 2. The number of aliphatic hydroxyl groups is 2. The number of rotatable bonds is 14. The van der Waals surface area contributed by atoms with Crippen LogP contribution in [0.15, 0.2) is 61.9 Å². The molecule has 1 saturated heterocycles. The molecule has 0 saturated carbocycles. The van der Waals surface area contributed by atoms with Gasteiger partial charge in [-0.2, -0.15) is 13.8 Å². The van der Waals surface area contributed by atoms with Gasteiger partial charge in [-0.15, -0.1) is 0 Å². The van der Waals surface area contributed by atoms with E-state index in [1.165, 1.54) is 24.3 Å². The lowest BCUT2D eigenvalue weighted by molar-refractivity contribution is -0.832. The molecule has 3 atom stereocenters. The Morgan fingerprint density at radius 3 is 2.53 bits per heavy atom. The lowest BCUT2D eigenvalue weighted by Crippen LogP contribution is -2.41. The number of benzene rings is 1. The minimum Gasteiger partial charge on any atom is -0.466 e. The van der Waals surface area contributed by atoms with E-state index < -0.39 is 69.3 Å². The molecular formula is C25H27F2N5O12S. The topological polar surface area (TPSA) is 236 Å². The Balaban J connectivity index is 1.17. The molecule has 45 heavy (non-hydrogen) atoms. The number of hydrogen-bond donors (Lipinski definition) is 3. The number of unbranched alkanes of at least 4 members (excludes halogenated alkanes) is 1. The Labute approximate surface area is 252 Å². The molecule has 2 aromatic heterocycles. The monoisotopic (exact) mass is 659 g/mol. The molecule has 17 nitrogen and oxygen atoms in total. The van der Waals surface area contributed by atoms with Gasteiger partial charge in [-0.25, -0.2) is 13.2 Å². The third kappa shape index (κ3) is 7.59. The maximum atomic E-state index is 14.3. The van der Waals surface area contributed by atoms with Gasteiger partial charge < -0.3 is 34.9 Å². The minimum atomic E-state index is -4.27. The summed E-state index contributed by atoms with van der Waals surface area (Å²) < 4.78 is 74.0. The van der Waals surface area contributed by atoms with Crippen molar-refractivity contribution in [3.8, 4) is 5.88 Å². The van der Waals surface area contributed by atoms with Crippen molar-refractivity contribution in [3.63, 3.8) is 0 Å². The second-order valence-corrected chi connectivity index (χ2v) is 11.4. The van der Waals surface area contributed by atoms with E-state index >= 15 is 0 Å². The van der Waals surface area contributed by atoms with E-state index in [2.05, 4.69) is 20.1 Å². The number of aliphatic hydroxyl groups excluding tert-OH is 2. The first-order chi connectivity index (χ1) is 21.4. The van der Waals surface area contributed by atoms with E-state index in [0.717, 1.165) is 12.3 Å². The third-order valence-corrected chi connectivity index (χ3v) is 8.09. The summed E-state index contributed by atoms with van der Waals surface area (Å²) in [6.45, 7) is -1.07. The van der Waals surface area contributed by atoms with Crippen LogP contribution in [0.3, 0.4) is 0 Å². The predicted molar refractivity (Wildman–Crippen MR) is 141 cm³/mol. The Morgan fingerprint density at radius 2 is 1.87 bits per heavy atom. The van der Waals surface area contributed by atoms with Crippen LogP contribution in [-0.2, 0) is 28.9 Å². The minimum absolute atomic E-state index is 0.0706. The fraction of sp³-hybridized carbons (Fsp3) is 0.440. The molecule has 0 spiro atoms. The molecule has 3 heterocycles. The molecule has 1 aliphatic heterocycles. The average Bonchev–Trinajstić information content (AvgIpc) is 3.49. The molecule has 0 unspecified atom stereocenters. The molecule has 1 amide bonds. The SMILES string of the molecule is O=C(CCC(=O)OCCCCOc1no[n+]([O-])c1S(=O)(=O)c1ccccc1)Nc1ccn([C@@H]2O[C@H](CO)[C@@H](O)C2(F)F)c(=O)n1. The van der Waals surface area contributed by atoms with Crippen molar-refractivity contribution < 1.29 is 60.7 Å². The molecule has 20 heteroatoms. The zero-order chi connectivity index (χ0) is 32.8. The number of nitrogens with one attached hydrogen (secondary N) is 1.